The fourth-order valence-corrected chi connectivity index (χ4v) is 3.41. The zero-order valence-electron chi connectivity index (χ0n) is 15.8. The number of fused-ring (bicyclic) bond motifs is 1. The quantitative estimate of drug-likeness (QED) is 0.534. The Morgan fingerprint density at radius 1 is 1.03 bits per heavy atom. The number of hydrogen-bond acceptors (Lipinski definition) is 2. The average molecular weight is 426 g/mol. The van der Waals surface area contributed by atoms with Crippen LogP contribution in [0.2, 0.25) is 0 Å². The highest BCUT2D eigenvalue weighted by Crippen LogP contribution is 2.34. The molecular formula is C21H19F5N2O2. The van der Waals surface area contributed by atoms with Crippen LogP contribution in [-0.4, -0.2) is 36.0 Å². The maximum atomic E-state index is 13.8. The Morgan fingerprint density at radius 3 is 2.37 bits per heavy atom. The fraction of sp³-hybridized carbons (Fsp3) is 0.333. The van der Waals surface area contributed by atoms with Crippen molar-refractivity contribution in [2.24, 2.45) is 0 Å². The van der Waals surface area contributed by atoms with Crippen LogP contribution in [0.3, 0.4) is 0 Å². The number of alkyl halides is 3. The predicted octanol–water partition coefficient (Wildman–Crippen LogP) is 4.16. The van der Waals surface area contributed by atoms with Gasteiger partial charge in [0.05, 0.1) is 0 Å². The fourth-order valence-electron chi connectivity index (χ4n) is 3.41. The van der Waals surface area contributed by atoms with E-state index in [2.05, 4.69) is 5.32 Å². The minimum atomic E-state index is -4.33. The molecule has 0 spiro atoms. The first kappa shape index (κ1) is 21.7. The lowest BCUT2D eigenvalue weighted by molar-refractivity contribution is -0.136. The van der Waals surface area contributed by atoms with Gasteiger partial charge in [0.25, 0.3) is 5.91 Å². The first-order chi connectivity index (χ1) is 14.2. The van der Waals surface area contributed by atoms with E-state index < -0.39 is 42.1 Å². The van der Waals surface area contributed by atoms with Crippen molar-refractivity contribution >= 4 is 11.8 Å². The van der Waals surface area contributed by atoms with Gasteiger partial charge in [-0.05, 0) is 54.3 Å². The van der Waals surface area contributed by atoms with Gasteiger partial charge in [0.15, 0.2) is 0 Å². The van der Waals surface area contributed by atoms with Crippen molar-refractivity contribution in [3.05, 3.63) is 70.8 Å². The third-order valence-electron chi connectivity index (χ3n) is 4.85. The number of carbonyl (C=O) groups excluding carboxylic acids is 2. The second kappa shape index (κ2) is 8.81. The van der Waals surface area contributed by atoms with E-state index in [0.29, 0.717) is 6.42 Å². The molecule has 1 atom stereocenters. The zero-order valence-corrected chi connectivity index (χ0v) is 15.8. The van der Waals surface area contributed by atoms with Gasteiger partial charge in [-0.1, -0.05) is 12.1 Å². The minimum Gasteiger partial charge on any atom is -0.354 e. The van der Waals surface area contributed by atoms with Crippen LogP contribution in [0, 0.1) is 11.6 Å². The van der Waals surface area contributed by atoms with Crippen LogP contribution < -0.4 is 5.32 Å². The van der Waals surface area contributed by atoms with Gasteiger partial charge in [-0.25, -0.2) is 8.78 Å². The monoisotopic (exact) mass is 426 g/mol. The molecule has 0 saturated heterocycles. The van der Waals surface area contributed by atoms with Gasteiger partial charge in [0.1, 0.15) is 17.7 Å². The first-order valence-corrected chi connectivity index (χ1v) is 9.35. The van der Waals surface area contributed by atoms with Crippen LogP contribution in [0.25, 0.3) is 0 Å². The molecule has 0 bridgehead atoms. The normalized spacial score (nSPS) is 16.0. The number of carbonyl (C=O) groups is 2. The van der Waals surface area contributed by atoms with E-state index in [1.807, 2.05) is 0 Å². The van der Waals surface area contributed by atoms with Gasteiger partial charge in [-0.3, -0.25) is 9.59 Å². The Bertz CT molecular complexity index is 928. The summed E-state index contributed by atoms with van der Waals surface area (Å²) in [5.74, 6) is -2.18. The van der Waals surface area contributed by atoms with Crippen molar-refractivity contribution < 1.29 is 31.5 Å². The zero-order chi connectivity index (χ0) is 21.9. The van der Waals surface area contributed by atoms with Crippen molar-refractivity contribution in [2.75, 3.05) is 13.1 Å². The average Bonchev–Trinajstić information content (AvgIpc) is 2.95. The molecule has 9 heteroatoms. The molecule has 30 heavy (non-hydrogen) atoms. The summed E-state index contributed by atoms with van der Waals surface area (Å²) in [5.41, 5.74) is 1.08. The first-order valence-electron chi connectivity index (χ1n) is 9.35. The van der Waals surface area contributed by atoms with Gasteiger partial charge in [-0.2, -0.15) is 13.2 Å². The van der Waals surface area contributed by atoms with Gasteiger partial charge >= 0.3 is 6.18 Å². The van der Waals surface area contributed by atoms with Crippen LogP contribution in [0.1, 0.15) is 40.4 Å². The molecule has 0 fully saturated rings. The number of hydrogen-bond donors (Lipinski definition) is 1. The van der Waals surface area contributed by atoms with Crippen LogP contribution in [0.5, 0.6) is 0 Å². The van der Waals surface area contributed by atoms with Crippen molar-refractivity contribution in [1.82, 2.24) is 10.2 Å². The summed E-state index contributed by atoms with van der Waals surface area (Å²) in [6.07, 6.45) is -5.36. The molecule has 0 aromatic heterocycles. The lowest BCUT2D eigenvalue weighted by Crippen LogP contribution is -2.40. The molecule has 0 aliphatic carbocycles. The molecule has 2 aromatic carbocycles. The van der Waals surface area contributed by atoms with E-state index in [-0.39, 0.29) is 30.6 Å². The molecular weight excluding hydrogens is 407 g/mol. The summed E-state index contributed by atoms with van der Waals surface area (Å²) in [6, 6.07) is 7.99. The van der Waals surface area contributed by atoms with Gasteiger partial charge in [-0.15, -0.1) is 0 Å². The lowest BCUT2D eigenvalue weighted by atomic mass is 10.0. The number of amides is 2. The molecule has 2 aromatic rings. The van der Waals surface area contributed by atoms with Gasteiger partial charge in [0.2, 0.25) is 5.91 Å². The molecule has 1 aliphatic rings. The maximum Gasteiger partial charge on any atom is 0.389 e. The van der Waals surface area contributed by atoms with E-state index in [4.69, 9.17) is 0 Å². The molecule has 160 valence electrons. The Balaban J connectivity index is 1.75. The summed E-state index contributed by atoms with van der Waals surface area (Å²) in [7, 11) is 0. The number of nitrogens with one attached hydrogen (secondary N) is 1. The van der Waals surface area contributed by atoms with Gasteiger partial charge < -0.3 is 10.2 Å². The predicted molar refractivity (Wildman–Crippen MR) is 98.6 cm³/mol. The van der Waals surface area contributed by atoms with E-state index in [9.17, 15) is 31.5 Å². The van der Waals surface area contributed by atoms with Crippen LogP contribution in [0.4, 0.5) is 22.0 Å². The summed E-state index contributed by atoms with van der Waals surface area (Å²) in [5, 5.41) is 2.41. The summed E-state index contributed by atoms with van der Waals surface area (Å²) >= 11 is 0. The SMILES string of the molecule is O=C(NCCCC(F)(F)F)C1c2cc(F)ccc2C(=O)N1CCc1ccc(F)cc1. The standard InChI is InChI=1S/C21H19F5N2O2/c22-14-4-2-13(3-5-14)8-11-28-18(19(29)27-10-1-9-21(24,25)26)17-12-15(23)6-7-16(17)20(28)30/h2-7,12,18H,1,8-11H2,(H,27,29). The highest BCUT2D eigenvalue weighted by atomic mass is 19.4. The van der Waals surface area contributed by atoms with Gasteiger partial charge in [0, 0.05) is 25.1 Å². The van der Waals surface area contributed by atoms with E-state index >= 15 is 0 Å². The Labute approximate surface area is 169 Å². The number of benzene rings is 2. The molecule has 1 N–H and O–H groups in total. The van der Waals surface area contributed by atoms with E-state index in [0.717, 1.165) is 17.7 Å². The highest BCUT2D eigenvalue weighted by molar-refractivity contribution is 6.04. The third-order valence-corrected chi connectivity index (χ3v) is 4.85. The maximum absolute atomic E-state index is 13.8. The molecule has 1 heterocycles. The van der Waals surface area contributed by atoms with E-state index in [1.54, 1.807) is 12.1 Å². The summed E-state index contributed by atoms with van der Waals surface area (Å²) in [4.78, 5) is 26.7. The summed E-state index contributed by atoms with van der Waals surface area (Å²) in [6.45, 7) is -0.124. The van der Waals surface area contributed by atoms with Crippen molar-refractivity contribution in [3.63, 3.8) is 0 Å². The van der Waals surface area contributed by atoms with Crippen LogP contribution >= 0.6 is 0 Å². The molecule has 4 nitrogen and oxygen atoms in total. The number of nitrogens with zero attached hydrogens (tertiary/aromatic N) is 1. The minimum absolute atomic E-state index is 0.0986. The number of halogens is 5. The second-order valence-corrected chi connectivity index (χ2v) is 7.02. The largest absolute Gasteiger partial charge is 0.389 e. The Kier molecular flexibility index (Phi) is 6.38. The summed E-state index contributed by atoms with van der Waals surface area (Å²) < 4.78 is 63.7. The molecule has 3 rings (SSSR count). The van der Waals surface area contributed by atoms with E-state index in [1.165, 1.54) is 23.1 Å². The number of rotatable bonds is 7. The Morgan fingerprint density at radius 2 is 1.70 bits per heavy atom. The highest BCUT2D eigenvalue weighted by Gasteiger charge is 2.41. The van der Waals surface area contributed by atoms with Crippen molar-refractivity contribution in [3.8, 4) is 0 Å². The smallest absolute Gasteiger partial charge is 0.354 e. The van der Waals surface area contributed by atoms with Crippen LogP contribution in [0.15, 0.2) is 42.5 Å². The molecule has 1 aliphatic heterocycles. The Hall–Kier alpha value is -2.97. The second-order valence-electron chi connectivity index (χ2n) is 7.02. The van der Waals surface area contributed by atoms with Crippen molar-refractivity contribution in [1.29, 1.82) is 0 Å². The molecule has 2 amide bonds. The molecule has 0 saturated carbocycles. The third kappa shape index (κ3) is 5.14. The molecule has 0 radical (unpaired) electrons. The topological polar surface area (TPSA) is 49.4 Å². The lowest BCUT2D eigenvalue weighted by Gasteiger charge is -2.25. The molecule has 1 unspecified atom stereocenters. The van der Waals surface area contributed by atoms with Crippen molar-refractivity contribution in [2.45, 2.75) is 31.5 Å². The van der Waals surface area contributed by atoms with Crippen LogP contribution in [-0.2, 0) is 11.2 Å².